The molecule has 18 heavy (non-hydrogen) atoms. The molecule has 0 radical (unpaired) electrons. The monoisotopic (exact) mass is 251 g/mol. The zero-order valence-electron chi connectivity index (χ0n) is 11.4. The maximum Gasteiger partial charge on any atom is 0.320 e. The van der Waals surface area contributed by atoms with Gasteiger partial charge in [-0.2, -0.15) is 0 Å². The van der Waals surface area contributed by atoms with Gasteiger partial charge in [0.2, 0.25) is 0 Å². The number of benzene rings is 1. The van der Waals surface area contributed by atoms with Crippen LogP contribution in [0.4, 0.5) is 0 Å². The summed E-state index contributed by atoms with van der Waals surface area (Å²) in [6.07, 6.45) is -0.0735. The van der Waals surface area contributed by atoms with E-state index in [4.69, 9.17) is 9.47 Å². The van der Waals surface area contributed by atoms with Crippen molar-refractivity contribution in [3.8, 4) is 5.75 Å². The molecule has 0 spiro atoms. The van der Waals surface area contributed by atoms with Crippen molar-refractivity contribution >= 4 is 5.97 Å². The average Bonchev–Trinajstić information content (AvgIpc) is 2.35. The van der Waals surface area contributed by atoms with E-state index >= 15 is 0 Å². The molecule has 4 heteroatoms. The Morgan fingerprint density at radius 1 is 1.22 bits per heavy atom. The number of esters is 1. The van der Waals surface area contributed by atoms with E-state index < -0.39 is 0 Å². The van der Waals surface area contributed by atoms with Crippen molar-refractivity contribution in [2.45, 2.75) is 32.9 Å². The topological polar surface area (TPSA) is 47.6 Å². The lowest BCUT2D eigenvalue weighted by molar-refractivity contribution is -0.146. The lowest BCUT2D eigenvalue weighted by Crippen LogP contribution is -2.28. The van der Waals surface area contributed by atoms with Gasteiger partial charge in [0.25, 0.3) is 0 Å². The molecular weight excluding hydrogens is 230 g/mol. The van der Waals surface area contributed by atoms with Crippen LogP contribution in [0.2, 0.25) is 0 Å². The molecule has 4 nitrogen and oxygen atoms in total. The van der Waals surface area contributed by atoms with Gasteiger partial charge in [-0.3, -0.25) is 4.79 Å². The second-order valence-electron chi connectivity index (χ2n) is 4.41. The van der Waals surface area contributed by atoms with Gasteiger partial charge >= 0.3 is 5.97 Å². The number of hydrogen-bond donors (Lipinski definition) is 1. The highest BCUT2D eigenvalue weighted by Crippen LogP contribution is 2.16. The van der Waals surface area contributed by atoms with Crippen LogP contribution in [-0.2, 0) is 9.53 Å². The van der Waals surface area contributed by atoms with Gasteiger partial charge in [0.05, 0.1) is 19.8 Å². The van der Waals surface area contributed by atoms with Crippen molar-refractivity contribution in [3.63, 3.8) is 0 Å². The maximum atomic E-state index is 11.4. The largest absolute Gasteiger partial charge is 0.497 e. The molecule has 0 fully saturated rings. The minimum absolute atomic E-state index is 0.0735. The summed E-state index contributed by atoms with van der Waals surface area (Å²) in [7, 11) is 1.64. The Balaban J connectivity index is 2.44. The van der Waals surface area contributed by atoms with Crippen LogP contribution in [0, 0.1) is 0 Å². The van der Waals surface area contributed by atoms with Gasteiger partial charge in [0.15, 0.2) is 0 Å². The fraction of sp³-hybridized carbons (Fsp3) is 0.500. The Kier molecular flexibility index (Phi) is 5.65. The van der Waals surface area contributed by atoms with E-state index in [0.717, 1.165) is 11.3 Å². The summed E-state index contributed by atoms with van der Waals surface area (Å²) >= 11 is 0. The first-order valence-corrected chi connectivity index (χ1v) is 6.09. The van der Waals surface area contributed by atoms with Crippen molar-refractivity contribution in [2.24, 2.45) is 0 Å². The third-order valence-electron chi connectivity index (χ3n) is 2.54. The molecular formula is C14H21NO3. The van der Waals surface area contributed by atoms with E-state index in [1.807, 2.05) is 45.0 Å². The highest BCUT2D eigenvalue weighted by Gasteiger charge is 2.09. The van der Waals surface area contributed by atoms with Gasteiger partial charge in [-0.25, -0.2) is 0 Å². The Morgan fingerprint density at radius 3 is 2.33 bits per heavy atom. The van der Waals surface area contributed by atoms with Gasteiger partial charge in [-0.1, -0.05) is 12.1 Å². The zero-order chi connectivity index (χ0) is 13.5. The van der Waals surface area contributed by atoms with Crippen LogP contribution in [0.1, 0.15) is 32.4 Å². The van der Waals surface area contributed by atoms with Crippen molar-refractivity contribution in [3.05, 3.63) is 29.8 Å². The number of ether oxygens (including phenoxy) is 2. The van der Waals surface area contributed by atoms with E-state index in [-0.39, 0.29) is 24.7 Å². The summed E-state index contributed by atoms with van der Waals surface area (Å²) < 4.78 is 10.1. The molecule has 0 unspecified atom stereocenters. The number of carbonyl (C=O) groups is 1. The Bertz CT molecular complexity index is 373. The van der Waals surface area contributed by atoms with E-state index in [9.17, 15) is 4.79 Å². The lowest BCUT2D eigenvalue weighted by Gasteiger charge is -2.15. The summed E-state index contributed by atoms with van der Waals surface area (Å²) in [4.78, 5) is 11.4. The second kappa shape index (κ2) is 7.01. The van der Waals surface area contributed by atoms with Gasteiger partial charge in [-0.05, 0) is 38.5 Å². The normalized spacial score (nSPS) is 12.3. The molecule has 1 aromatic rings. The predicted molar refractivity (Wildman–Crippen MR) is 70.6 cm³/mol. The zero-order valence-corrected chi connectivity index (χ0v) is 11.4. The predicted octanol–water partition coefficient (Wildman–Crippen LogP) is 2.30. The lowest BCUT2D eigenvalue weighted by atomic mass is 10.1. The van der Waals surface area contributed by atoms with E-state index in [1.165, 1.54) is 0 Å². The second-order valence-corrected chi connectivity index (χ2v) is 4.41. The van der Waals surface area contributed by atoms with Gasteiger partial charge in [-0.15, -0.1) is 0 Å². The number of rotatable bonds is 6. The van der Waals surface area contributed by atoms with Crippen LogP contribution >= 0.6 is 0 Å². The standard InChI is InChI=1S/C14H21NO3/c1-10(2)18-14(16)9-15-11(3)12-5-7-13(17-4)8-6-12/h5-8,10-11,15H,9H2,1-4H3/t11-/m1/s1. The fourth-order valence-corrected chi connectivity index (χ4v) is 1.55. The summed E-state index contributed by atoms with van der Waals surface area (Å²) in [6, 6.07) is 7.85. The molecule has 100 valence electrons. The van der Waals surface area contributed by atoms with Crippen LogP contribution in [0.5, 0.6) is 5.75 Å². The molecule has 0 saturated carbocycles. The highest BCUT2D eigenvalue weighted by atomic mass is 16.5. The SMILES string of the molecule is COc1ccc([C@@H](C)NCC(=O)OC(C)C)cc1. The van der Waals surface area contributed by atoms with Gasteiger partial charge in [0, 0.05) is 6.04 Å². The van der Waals surface area contributed by atoms with Gasteiger partial charge in [0.1, 0.15) is 5.75 Å². The van der Waals surface area contributed by atoms with Crippen LogP contribution in [0.3, 0.4) is 0 Å². The molecule has 1 atom stereocenters. The number of hydrogen-bond acceptors (Lipinski definition) is 4. The first-order chi connectivity index (χ1) is 8.52. The summed E-state index contributed by atoms with van der Waals surface area (Å²) in [5.41, 5.74) is 1.10. The Labute approximate surface area is 108 Å². The van der Waals surface area contributed by atoms with Crippen molar-refractivity contribution in [1.29, 1.82) is 0 Å². The number of methoxy groups -OCH3 is 1. The molecule has 0 heterocycles. The molecule has 0 aliphatic carbocycles. The van der Waals surface area contributed by atoms with Gasteiger partial charge < -0.3 is 14.8 Å². The first-order valence-electron chi connectivity index (χ1n) is 6.09. The molecule has 1 N–H and O–H groups in total. The third-order valence-corrected chi connectivity index (χ3v) is 2.54. The van der Waals surface area contributed by atoms with Crippen LogP contribution < -0.4 is 10.1 Å². The summed E-state index contributed by atoms with van der Waals surface area (Å²) in [5, 5.41) is 3.13. The third kappa shape index (κ3) is 4.75. The minimum atomic E-state index is -0.231. The molecule has 1 aromatic carbocycles. The number of nitrogens with one attached hydrogen (secondary N) is 1. The van der Waals surface area contributed by atoms with E-state index in [2.05, 4.69) is 5.32 Å². The van der Waals surface area contributed by atoms with Crippen molar-refractivity contribution in [2.75, 3.05) is 13.7 Å². The van der Waals surface area contributed by atoms with Crippen LogP contribution in [-0.4, -0.2) is 25.7 Å². The molecule has 0 aliphatic rings. The average molecular weight is 251 g/mol. The molecule has 0 aromatic heterocycles. The molecule has 0 aliphatic heterocycles. The Morgan fingerprint density at radius 2 is 1.83 bits per heavy atom. The van der Waals surface area contributed by atoms with Crippen molar-refractivity contribution in [1.82, 2.24) is 5.32 Å². The number of carbonyl (C=O) groups excluding carboxylic acids is 1. The molecule has 0 amide bonds. The first kappa shape index (κ1) is 14.5. The maximum absolute atomic E-state index is 11.4. The highest BCUT2D eigenvalue weighted by molar-refractivity contribution is 5.71. The van der Waals surface area contributed by atoms with Crippen LogP contribution in [0.25, 0.3) is 0 Å². The summed E-state index contributed by atoms with van der Waals surface area (Å²) in [6.45, 7) is 5.89. The van der Waals surface area contributed by atoms with Crippen LogP contribution in [0.15, 0.2) is 24.3 Å². The summed E-state index contributed by atoms with van der Waals surface area (Å²) in [5.74, 6) is 0.593. The molecule has 0 saturated heterocycles. The quantitative estimate of drug-likeness (QED) is 0.788. The van der Waals surface area contributed by atoms with E-state index in [0.29, 0.717) is 0 Å². The smallest absolute Gasteiger partial charge is 0.320 e. The van der Waals surface area contributed by atoms with E-state index in [1.54, 1.807) is 7.11 Å². The minimum Gasteiger partial charge on any atom is -0.497 e. The van der Waals surface area contributed by atoms with Crippen molar-refractivity contribution < 1.29 is 14.3 Å². The fourth-order valence-electron chi connectivity index (χ4n) is 1.55. The molecule has 1 rings (SSSR count). The Hall–Kier alpha value is -1.55. The molecule has 0 bridgehead atoms.